The highest BCUT2D eigenvalue weighted by Gasteiger charge is 2.10. The molecule has 0 bridgehead atoms. The summed E-state index contributed by atoms with van der Waals surface area (Å²) in [5.74, 6) is 1.10. The van der Waals surface area contributed by atoms with E-state index in [0.29, 0.717) is 19.6 Å². The zero-order valence-electron chi connectivity index (χ0n) is 15.1. The number of aryl methyl sites for hydroxylation is 1. The Balaban J connectivity index is 1.53. The molecule has 0 radical (unpaired) electrons. The molecule has 1 aromatic heterocycles. The monoisotopic (exact) mass is 351 g/mol. The Kier molecular flexibility index (Phi) is 6.39. The number of nitrogens with zero attached hydrogens (tertiary/aromatic N) is 2. The van der Waals surface area contributed by atoms with Crippen molar-refractivity contribution in [3.63, 3.8) is 0 Å². The summed E-state index contributed by atoms with van der Waals surface area (Å²) in [5, 5.41) is 3.00. The zero-order valence-corrected chi connectivity index (χ0v) is 15.1. The smallest absolute Gasteiger partial charge is 0.224 e. The van der Waals surface area contributed by atoms with Gasteiger partial charge in [-0.3, -0.25) is 4.79 Å². The summed E-state index contributed by atoms with van der Waals surface area (Å²) >= 11 is 0. The number of hydrogen-bond donors (Lipinski definition) is 1. The van der Waals surface area contributed by atoms with E-state index in [0.717, 1.165) is 41.8 Å². The molecule has 0 aliphatic carbocycles. The average molecular weight is 351 g/mol. The Morgan fingerprint density at radius 3 is 2.69 bits per heavy atom. The fourth-order valence-electron chi connectivity index (χ4n) is 3.07. The number of para-hydroxylation sites is 2. The molecule has 5 nitrogen and oxygen atoms in total. The first kappa shape index (κ1) is 18.1. The number of nitrogens with one attached hydrogen (secondary N) is 1. The van der Waals surface area contributed by atoms with Gasteiger partial charge in [0.15, 0.2) is 0 Å². The minimum Gasteiger partial charge on any atom is -0.383 e. The van der Waals surface area contributed by atoms with Gasteiger partial charge in [-0.25, -0.2) is 4.98 Å². The number of benzene rings is 2. The van der Waals surface area contributed by atoms with E-state index in [1.807, 2.05) is 48.5 Å². The van der Waals surface area contributed by atoms with E-state index in [4.69, 9.17) is 9.72 Å². The van der Waals surface area contributed by atoms with Crippen molar-refractivity contribution in [1.29, 1.82) is 0 Å². The largest absolute Gasteiger partial charge is 0.383 e. The second-order valence-corrected chi connectivity index (χ2v) is 6.28. The lowest BCUT2D eigenvalue weighted by molar-refractivity contribution is -0.120. The van der Waals surface area contributed by atoms with Gasteiger partial charge in [0.05, 0.1) is 24.1 Å². The van der Waals surface area contributed by atoms with Crippen LogP contribution in [0.15, 0.2) is 54.6 Å². The van der Waals surface area contributed by atoms with Gasteiger partial charge in [-0.05, 0) is 24.1 Å². The molecule has 0 unspecified atom stereocenters. The SMILES string of the molecule is COCCn1c(CCCNC(=O)Cc2ccccc2)nc2ccccc21. The van der Waals surface area contributed by atoms with Crippen LogP contribution in [0, 0.1) is 0 Å². The van der Waals surface area contributed by atoms with E-state index >= 15 is 0 Å². The molecular weight excluding hydrogens is 326 g/mol. The lowest BCUT2D eigenvalue weighted by Crippen LogP contribution is -2.26. The van der Waals surface area contributed by atoms with Crippen molar-refractivity contribution in [2.75, 3.05) is 20.3 Å². The first-order valence-corrected chi connectivity index (χ1v) is 9.01. The van der Waals surface area contributed by atoms with Gasteiger partial charge in [0, 0.05) is 26.6 Å². The van der Waals surface area contributed by atoms with Crippen LogP contribution < -0.4 is 5.32 Å². The lowest BCUT2D eigenvalue weighted by Gasteiger charge is -2.09. The van der Waals surface area contributed by atoms with Crippen LogP contribution >= 0.6 is 0 Å². The minimum absolute atomic E-state index is 0.0593. The van der Waals surface area contributed by atoms with E-state index in [9.17, 15) is 4.79 Å². The summed E-state index contributed by atoms with van der Waals surface area (Å²) in [5.41, 5.74) is 3.17. The first-order valence-electron chi connectivity index (χ1n) is 9.01. The van der Waals surface area contributed by atoms with E-state index in [1.54, 1.807) is 7.11 Å². The first-order chi connectivity index (χ1) is 12.8. The van der Waals surface area contributed by atoms with Crippen LogP contribution in [0.5, 0.6) is 0 Å². The third kappa shape index (κ3) is 4.70. The number of rotatable bonds is 9. The quantitative estimate of drug-likeness (QED) is 0.603. The standard InChI is InChI=1S/C21H25N3O2/c1-26-15-14-24-19-11-6-5-10-18(19)23-20(24)12-7-13-22-21(25)16-17-8-3-2-4-9-17/h2-6,8-11H,7,12-16H2,1H3,(H,22,25). The van der Waals surface area contributed by atoms with Crippen LogP contribution in [0.4, 0.5) is 0 Å². The maximum atomic E-state index is 12.0. The maximum Gasteiger partial charge on any atom is 0.224 e. The predicted molar refractivity (Wildman–Crippen MR) is 103 cm³/mol. The topological polar surface area (TPSA) is 56.1 Å². The number of imidazole rings is 1. The molecule has 136 valence electrons. The molecule has 3 aromatic rings. The molecule has 26 heavy (non-hydrogen) atoms. The van der Waals surface area contributed by atoms with Crippen molar-refractivity contribution in [2.45, 2.75) is 25.8 Å². The van der Waals surface area contributed by atoms with Gasteiger partial charge >= 0.3 is 0 Å². The van der Waals surface area contributed by atoms with Gasteiger partial charge in [0.25, 0.3) is 0 Å². The van der Waals surface area contributed by atoms with Gasteiger partial charge < -0.3 is 14.6 Å². The van der Waals surface area contributed by atoms with Crippen LogP contribution in [0.25, 0.3) is 11.0 Å². The third-order valence-corrected chi connectivity index (χ3v) is 4.36. The van der Waals surface area contributed by atoms with E-state index in [-0.39, 0.29) is 5.91 Å². The molecule has 3 rings (SSSR count). The molecule has 2 aromatic carbocycles. The van der Waals surface area contributed by atoms with Crippen LogP contribution in [0.3, 0.4) is 0 Å². The van der Waals surface area contributed by atoms with Crippen LogP contribution in [0.2, 0.25) is 0 Å². The molecule has 0 saturated carbocycles. The number of carbonyl (C=O) groups excluding carboxylic acids is 1. The van der Waals surface area contributed by atoms with Crippen molar-refractivity contribution in [1.82, 2.24) is 14.9 Å². The number of hydrogen-bond acceptors (Lipinski definition) is 3. The molecule has 0 saturated heterocycles. The highest BCUT2D eigenvalue weighted by molar-refractivity contribution is 5.78. The van der Waals surface area contributed by atoms with E-state index in [1.165, 1.54) is 0 Å². The number of ether oxygens (including phenoxy) is 1. The molecule has 0 spiro atoms. The highest BCUT2D eigenvalue weighted by Crippen LogP contribution is 2.17. The van der Waals surface area contributed by atoms with Gasteiger partial charge in [0.1, 0.15) is 5.82 Å². The summed E-state index contributed by atoms with van der Waals surface area (Å²) in [7, 11) is 1.71. The molecule has 1 amide bonds. The number of methoxy groups -OCH3 is 1. The molecule has 0 atom stereocenters. The Bertz CT molecular complexity index is 843. The van der Waals surface area contributed by atoms with Crippen molar-refractivity contribution in [3.05, 3.63) is 66.0 Å². The van der Waals surface area contributed by atoms with Crippen molar-refractivity contribution >= 4 is 16.9 Å². The van der Waals surface area contributed by atoms with Gasteiger partial charge in [-0.15, -0.1) is 0 Å². The molecule has 5 heteroatoms. The second kappa shape index (κ2) is 9.15. The second-order valence-electron chi connectivity index (χ2n) is 6.28. The minimum atomic E-state index is 0.0593. The summed E-state index contributed by atoms with van der Waals surface area (Å²) < 4.78 is 7.44. The van der Waals surface area contributed by atoms with Crippen molar-refractivity contribution < 1.29 is 9.53 Å². The Morgan fingerprint density at radius 1 is 1.12 bits per heavy atom. The molecule has 0 fully saturated rings. The summed E-state index contributed by atoms with van der Waals surface area (Å²) in [4.78, 5) is 16.8. The molecule has 1 heterocycles. The van der Waals surface area contributed by atoms with Gasteiger partial charge in [-0.1, -0.05) is 42.5 Å². The van der Waals surface area contributed by atoms with Gasteiger partial charge in [-0.2, -0.15) is 0 Å². The number of fused-ring (bicyclic) bond motifs is 1. The number of aromatic nitrogens is 2. The molecule has 1 N–H and O–H groups in total. The number of amides is 1. The van der Waals surface area contributed by atoms with Crippen LogP contribution in [0.1, 0.15) is 17.8 Å². The average Bonchev–Trinajstić information content (AvgIpc) is 3.02. The normalized spacial score (nSPS) is 11.0. The van der Waals surface area contributed by atoms with Gasteiger partial charge in [0.2, 0.25) is 5.91 Å². The number of carbonyl (C=O) groups is 1. The summed E-state index contributed by atoms with van der Waals surface area (Å²) in [6, 6.07) is 17.9. The highest BCUT2D eigenvalue weighted by atomic mass is 16.5. The van der Waals surface area contributed by atoms with E-state index in [2.05, 4.69) is 16.0 Å². The molecule has 0 aliphatic heterocycles. The molecular formula is C21H25N3O2. The lowest BCUT2D eigenvalue weighted by atomic mass is 10.1. The Labute approximate surface area is 154 Å². The Morgan fingerprint density at radius 2 is 1.88 bits per heavy atom. The van der Waals surface area contributed by atoms with Crippen molar-refractivity contribution in [3.8, 4) is 0 Å². The van der Waals surface area contributed by atoms with E-state index < -0.39 is 0 Å². The Hall–Kier alpha value is -2.66. The molecule has 0 aliphatic rings. The predicted octanol–water partition coefficient (Wildman–Crippen LogP) is 2.97. The summed E-state index contributed by atoms with van der Waals surface area (Å²) in [6.07, 6.45) is 2.11. The third-order valence-electron chi connectivity index (χ3n) is 4.36. The van der Waals surface area contributed by atoms with Crippen molar-refractivity contribution in [2.24, 2.45) is 0 Å². The fraction of sp³-hybridized carbons (Fsp3) is 0.333. The zero-order chi connectivity index (χ0) is 18.2. The fourth-order valence-corrected chi connectivity index (χ4v) is 3.07. The van der Waals surface area contributed by atoms with Crippen LogP contribution in [-0.2, 0) is 28.9 Å². The maximum absolute atomic E-state index is 12.0. The van der Waals surface area contributed by atoms with Crippen LogP contribution in [-0.4, -0.2) is 35.7 Å². The summed E-state index contributed by atoms with van der Waals surface area (Å²) in [6.45, 7) is 2.09.